The third kappa shape index (κ3) is 4.19. The second-order valence-electron chi connectivity index (χ2n) is 4.94. The number of halogens is 2. The number of alkyl halides is 2. The van der Waals surface area contributed by atoms with Crippen molar-refractivity contribution in [3.8, 4) is 0 Å². The van der Waals surface area contributed by atoms with Crippen molar-refractivity contribution < 1.29 is 18.3 Å². The highest BCUT2D eigenvalue weighted by Crippen LogP contribution is 2.29. The van der Waals surface area contributed by atoms with Gasteiger partial charge in [-0.3, -0.25) is 0 Å². The van der Waals surface area contributed by atoms with Gasteiger partial charge in [-0.25, -0.2) is 0 Å². The van der Waals surface area contributed by atoms with Gasteiger partial charge in [0, 0.05) is 5.54 Å². The molecule has 108 valence electrons. The molecule has 0 radical (unpaired) electrons. The summed E-state index contributed by atoms with van der Waals surface area (Å²) in [7, 11) is 0. The van der Waals surface area contributed by atoms with Crippen LogP contribution in [0.25, 0.3) is 0 Å². The molecule has 1 aliphatic rings. The van der Waals surface area contributed by atoms with Crippen molar-refractivity contribution in [3.05, 3.63) is 23.7 Å². The van der Waals surface area contributed by atoms with Crippen molar-refractivity contribution in [2.75, 3.05) is 6.61 Å². The Balaban J connectivity index is 1.82. The first-order valence-corrected chi connectivity index (χ1v) is 7.52. The molecule has 1 aromatic rings. The van der Waals surface area contributed by atoms with Gasteiger partial charge in [0.05, 0.1) is 18.9 Å². The molecule has 0 aromatic carbocycles. The molecule has 0 unspecified atom stereocenters. The second kappa shape index (κ2) is 6.72. The van der Waals surface area contributed by atoms with Gasteiger partial charge in [-0.15, -0.1) is 0 Å². The minimum atomic E-state index is -2.37. The van der Waals surface area contributed by atoms with E-state index in [0.717, 1.165) is 31.4 Å². The zero-order valence-electron chi connectivity index (χ0n) is 10.7. The molecule has 2 N–H and O–H groups in total. The van der Waals surface area contributed by atoms with Gasteiger partial charge < -0.3 is 14.8 Å². The van der Waals surface area contributed by atoms with Gasteiger partial charge in [0.2, 0.25) is 0 Å². The third-order valence-corrected chi connectivity index (χ3v) is 4.27. The lowest BCUT2D eigenvalue weighted by atomic mass is 9.99. The fraction of sp³-hybridized carbons (Fsp3) is 0.692. The van der Waals surface area contributed by atoms with E-state index in [1.165, 1.54) is 0 Å². The molecule has 1 aromatic heterocycles. The SMILES string of the molecule is OCC1(NCc2ccc(CSC(F)F)o2)CCCC1. The molecule has 1 fully saturated rings. The van der Waals surface area contributed by atoms with Crippen LogP contribution in [0.3, 0.4) is 0 Å². The van der Waals surface area contributed by atoms with Crippen LogP contribution in [-0.2, 0) is 12.3 Å². The Morgan fingerprint density at radius 1 is 1.32 bits per heavy atom. The van der Waals surface area contributed by atoms with Crippen LogP contribution in [0.15, 0.2) is 16.5 Å². The summed E-state index contributed by atoms with van der Waals surface area (Å²) in [5, 5.41) is 12.8. The average Bonchev–Trinajstić information content (AvgIpc) is 3.04. The Hall–Kier alpha value is -0.590. The molecule has 0 aliphatic heterocycles. The van der Waals surface area contributed by atoms with Gasteiger partial charge in [0.1, 0.15) is 11.5 Å². The summed E-state index contributed by atoms with van der Waals surface area (Å²) in [5.74, 6) is -0.901. The van der Waals surface area contributed by atoms with E-state index in [1.807, 2.05) is 0 Å². The Morgan fingerprint density at radius 2 is 2.00 bits per heavy atom. The molecule has 1 aliphatic carbocycles. The summed E-state index contributed by atoms with van der Waals surface area (Å²) in [6, 6.07) is 3.53. The van der Waals surface area contributed by atoms with Crippen molar-refractivity contribution in [1.82, 2.24) is 5.32 Å². The molecule has 6 heteroatoms. The van der Waals surface area contributed by atoms with Crippen LogP contribution in [0.2, 0.25) is 0 Å². The Bertz CT molecular complexity index is 392. The second-order valence-corrected chi connectivity index (χ2v) is 5.92. The monoisotopic (exact) mass is 291 g/mol. The van der Waals surface area contributed by atoms with Gasteiger partial charge in [-0.2, -0.15) is 8.78 Å². The molecule has 0 spiro atoms. The Kier molecular flexibility index (Phi) is 5.24. The van der Waals surface area contributed by atoms with Crippen LogP contribution in [0, 0.1) is 0 Å². The highest BCUT2D eigenvalue weighted by atomic mass is 32.2. The molecular formula is C13H19F2NO2S. The highest BCUT2D eigenvalue weighted by Gasteiger charge is 2.32. The number of hydrogen-bond donors (Lipinski definition) is 2. The Labute approximate surface area is 115 Å². The van der Waals surface area contributed by atoms with E-state index in [9.17, 15) is 13.9 Å². The molecule has 2 rings (SSSR count). The van der Waals surface area contributed by atoms with Crippen LogP contribution in [-0.4, -0.2) is 23.0 Å². The zero-order valence-corrected chi connectivity index (χ0v) is 11.5. The quantitative estimate of drug-likeness (QED) is 0.810. The highest BCUT2D eigenvalue weighted by molar-refractivity contribution is 7.98. The minimum Gasteiger partial charge on any atom is -0.464 e. The van der Waals surface area contributed by atoms with Crippen molar-refractivity contribution in [2.24, 2.45) is 0 Å². The van der Waals surface area contributed by atoms with E-state index >= 15 is 0 Å². The van der Waals surface area contributed by atoms with E-state index in [1.54, 1.807) is 12.1 Å². The van der Waals surface area contributed by atoms with Crippen LogP contribution in [0.1, 0.15) is 37.2 Å². The van der Waals surface area contributed by atoms with Gasteiger partial charge in [-0.1, -0.05) is 24.6 Å². The molecule has 0 amide bonds. The molecule has 19 heavy (non-hydrogen) atoms. The smallest absolute Gasteiger partial charge is 0.284 e. The summed E-state index contributed by atoms with van der Waals surface area (Å²) in [6.07, 6.45) is 4.20. The van der Waals surface area contributed by atoms with E-state index in [2.05, 4.69) is 5.32 Å². The van der Waals surface area contributed by atoms with Crippen molar-refractivity contribution in [2.45, 2.75) is 49.3 Å². The topological polar surface area (TPSA) is 45.4 Å². The lowest BCUT2D eigenvalue weighted by molar-refractivity contribution is 0.160. The van der Waals surface area contributed by atoms with Gasteiger partial charge in [0.15, 0.2) is 0 Å². The number of aliphatic hydroxyl groups excluding tert-OH is 1. The first-order chi connectivity index (χ1) is 9.13. The van der Waals surface area contributed by atoms with Crippen molar-refractivity contribution in [3.63, 3.8) is 0 Å². The molecule has 3 nitrogen and oxygen atoms in total. The van der Waals surface area contributed by atoms with E-state index in [0.29, 0.717) is 24.1 Å². The lowest BCUT2D eigenvalue weighted by Crippen LogP contribution is -2.45. The molecule has 1 saturated carbocycles. The summed E-state index contributed by atoms with van der Waals surface area (Å²) in [6.45, 7) is 0.654. The summed E-state index contributed by atoms with van der Waals surface area (Å²) in [5.41, 5.74) is -0.190. The predicted molar refractivity (Wildman–Crippen MR) is 71.1 cm³/mol. The van der Waals surface area contributed by atoms with Crippen molar-refractivity contribution >= 4 is 11.8 Å². The first-order valence-electron chi connectivity index (χ1n) is 6.47. The van der Waals surface area contributed by atoms with Crippen LogP contribution in [0.4, 0.5) is 8.78 Å². The minimum absolute atomic E-state index is 0.127. The fourth-order valence-electron chi connectivity index (χ4n) is 2.46. The fourth-order valence-corrected chi connectivity index (χ4v) is 2.90. The largest absolute Gasteiger partial charge is 0.464 e. The number of nitrogens with one attached hydrogen (secondary N) is 1. The van der Waals surface area contributed by atoms with Gasteiger partial charge >= 0.3 is 0 Å². The zero-order chi connectivity index (χ0) is 13.7. The lowest BCUT2D eigenvalue weighted by Gasteiger charge is -2.27. The first kappa shape index (κ1) is 14.8. The van der Waals surface area contributed by atoms with Crippen LogP contribution < -0.4 is 5.32 Å². The number of aliphatic hydroxyl groups is 1. The maximum atomic E-state index is 12.1. The van der Waals surface area contributed by atoms with E-state index < -0.39 is 5.76 Å². The molecule has 1 heterocycles. The molecule has 0 bridgehead atoms. The van der Waals surface area contributed by atoms with Gasteiger partial charge in [-0.05, 0) is 25.0 Å². The summed E-state index contributed by atoms with van der Waals surface area (Å²) in [4.78, 5) is 0. The maximum absolute atomic E-state index is 12.1. The number of hydrogen-bond acceptors (Lipinski definition) is 4. The Morgan fingerprint density at radius 3 is 2.63 bits per heavy atom. The summed E-state index contributed by atoms with van der Waals surface area (Å²) < 4.78 is 29.6. The number of thioether (sulfide) groups is 1. The predicted octanol–water partition coefficient (Wildman–Crippen LogP) is 3.13. The van der Waals surface area contributed by atoms with E-state index in [4.69, 9.17) is 4.42 Å². The number of rotatable bonds is 7. The van der Waals surface area contributed by atoms with Crippen LogP contribution in [0.5, 0.6) is 0 Å². The molecule has 0 atom stereocenters. The normalized spacial score (nSPS) is 18.3. The maximum Gasteiger partial charge on any atom is 0.284 e. The third-order valence-electron chi connectivity index (χ3n) is 3.57. The summed E-state index contributed by atoms with van der Waals surface area (Å²) >= 11 is 0.557. The van der Waals surface area contributed by atoms with E-state index in [-0.39, 0.29) is 17.9 Å². The average molecular weight is 291 g/mol. The van der Waals surface area contributed by atoms with Crippen LogP contribution >= 0.6 is 11.8 Å². The number of furan rings is 1. The standard InChI is InChI=1S/C13H19F2NO2S/c14-12(15)19-8-11-4-3-10(18-11)7-16-13(9-17)5-1-2-6-13/h3-4,12,16-17H,1-2,5-9H2. The molecule has 0 saturated heterocycles. The molecular weight excluding hydrogens is 272 g/mol. The van der Waals surface area contributed by atoms with Crippen molar-refractivity contribution in [1.29, 1.82) is 0 Å². The van der Waals surface area contributed by atoms with Gasteiger partial charge in [0.25, 0.3) is 5.76 Å².